The summed E-state index contributed by atoms with van der Waals surface area (Å²) in [7, 11) is 0. The highest BCUT2D eigenvalue weighted by Crippen LogP contribution is 2.15. The molecule has 0 fully saturated rings. The van der Waals surface area contributed by atoms with Gasteiger partial charge in [-0.25, -0.2) is 9.55 Å². The maximum Gasteiger partial charge on any atom is 0.276 e. The minimum absolute atomic E-state index is 0.131. The van der Waals surface area contributed by atoms with Crippen LogP contribution in [-0.4, -0.2) is 19.1 Å². The van der Waals surface area contributed by atoms with Crippen molar-refractivity contribution in [3.05, 3.63) is 68.1 Å². The number of hydrogen-bond donors (Lipinski definition) is 0. The lowest BCUT2D eigenvalue weighted by molar-refractivity contribution is 0.395. The van der Waals surface area contributed by atoms with E-state index in [0.717, 1.165) is 10.1 Å². The van der Waals surface area contributed by atoms with Crippen molar-refractivity contribution in [2.45, 2.75) is 13.8 Å². The van der Waals surface area contributed by atoms with Gasteiger partial charge in [0.25, 0.3) is 11.1 Å². The Morgan fingerprint density at radius 3 is 2.64 bits per heavy atom. The summed E-state index contributed by atoms with van der Waals surface area (Å²) in [6.45, 7) is 3.54. The predicted molar refractivity (Wildman–Crippen MR) is 88.8 cm³/mol. The summed E-state index contributed by atoms with van der Waals surface area (Å²) >= 11 is 0. The highest BCUT2D eigenvalue weighted by molar-refractivity contribution is 5.79. The second kappa shape index (κ2) is 5.14. The lowest BCUT2D eigenvalue weighted by Crippen LogP contribution is -2.26. The summed E-state index contributed by atoms with van der Waals surface area (Å²) < 4.78 is 7.55. The Morgan fingerprint density at radius 1 is 1.16 bits per heavy atom. The average Bonchev–Trinajstić information content (AvgIpc) is 3.01. The van der Waals surface area contributed by atoms with Crippen LogP contribution in [0.4, 0.5) is 0 Å². The number of fused-ring (bicyclic) bond motifs is 2. The third-order valence-electron chi connectivity index (χ3n) is 3.88. The van der Waals surface area contributed by atoms with Gasteiger partial charge in [-0.3, -0.25) is 14.0 Å². The van der Waals surface area contributed by atoms with Crippen LogP contribution < -0.4 is 11.1 Å². The smallest absolute Gasteiger partial charge is 0.276 e. The van der Waals surface area contributed by atoms with Gasteiger partial charge in [-0.15, -0.1) is 0 Å². The SMILES string of the molecule is Cc1ccc2nc3c(cc(C#N)c(=O)n3-c3cc(C)on3)c(=O)n2c1. The fourth-order valence-corrected chi connectivity index (χ4v) is 2.72. The van der Waals surface area contributed by atoms with Crippen molar-refractivity contribution < 1.29 is 4.52 Å². The molecular weight excluding hydrogens is 322 g/mol. The Balaban J connectivity index is 2.27. The van der Waals surface area contributed by atoms with Crippen molar-refractivity contribution in [3.8, 4) is 11.9 Å². The summed E-state index contributed by atoms with van der Waals surface area (Å²) in [6, 6.07) is 8.15. The normalized spacial score (nSPS) is 11.1. The highest BCUT2D eigenvalue weighted by Gasteiger charge is 2.18. The van der Waals surface area contributed by atoms with Crippen LogP contribution in [-0.2, 0) is 0 Å². The molecule has 122 valence electrons. The van der Waals surface area contributed by atoms with Gasteiger partial charge in [0.15, 0.2) is 11.5 Å². The van der Waals surface area contributed by atoms with E-state index in [1.807, 2.05) is 19.1 Å². The lowest BCUT2D eigenvalue weighted by atomic mass is 10.2. The van der Waals surface area contributed by atoms with Crippen LogP contribution in [0.1, 0.15) is 16.9 Å². The molecule has 0 radical (unpaired) electrons. The second-order valence-electron chi connectivity index (χ2n) is 5.70. The third-order valence-corrected chi connectivity index (χ3v) is 3.88. The minimum Gasteiger partial charge on any atom is -0.360 e. The number of pyridine rings is 2. The predicted octanol–water partition coefficient (Wildman–Crippen LogP) is 1.48. The van der Waals surface area contributed by atoms with E-state index in [4.69, 9.17) is 4.52 Å². The van der Waals surface area contributed by atoms with E-state index in [1.54, 1.807) is 25.3 Å². The number of rotatable bonds is 1. The van der Waals surface area contributed by atoms with Gasteiger partial charge in [-0.2, -0.15) is 5.26 Å². The van der Waals surface area contributed by atoms with Gasteiger partial charge in [0.05, 0.1) is 5.39 Å². The second-order valence-corrected chi connectivity index (χ2v) is 5.70. The molecule has 0 amide bonds. The van der Waals surface area contributed by atoms with Crippen LogP contribution >= 0.6 is 0 Å². The van der Waals surface area contributed by atoms with Crippen LogP contribution in [0.15, 0.2) is 44.6 Å². The van der Waals surface area contributed by atoms with Gasteiger partial charge >= 0.3 is 0 Å². The van der Waals surface area contributed by atoms with Gasteiger partial charge in [0.1, 0.15) is 23.0 Å². The Morgan fingerprint density at radius 2 is 1.96 bits per heavy atom. The largest absolute Gasteiger partial charge is 0.360 e. The first-order valence-electron chi connectivity index (χ1n) is 7.42. The molecule has 8 heteroatoms. The molecule has 0 aromatic carbocycles. The van der Waals surface area contributed by atoms with Crippen molar-refractivity contribution >= 4 is 16.7 Å². The molecule has 0 unspecified atom stereocenters. The van der Waals surface area contributed by atoms with Crippen LogP contribution in [0.2, 0.25) is 0 Å². The zero-order valence-electron chi connectivity index (χ0n) is 13.3. The topological polar surface area (TPSA) is 106 Å². The van der Waals surface area contributed by atoms with Crippen molar-refractivity contribution in [3.63, 3.8) is 0 Å². The number of nitrogens with zero attached hydrogens (tertiary/aromatic N) is 5. The minimum atomic E-state index is -0.605. The molecule has 8 nitrogen and oxygen atoms in total. The zero-order chi connectivity index (χ0) is 17.7. The summed E-state index contributed by atoms with van der Waals surface area (Å²) in [6.07, 6.45) is 1.66. The van der Waals surface area contributed by atoms with Crippen molar-refractivity contribution in [2.24, 2.45) is 0 Å². The van der Waals surface area contributed by atoms with E-state index in [1.165, 1.54) is 10.5 Å². The van der Waals surface area contributed by atoms with E-state index >= 15 is 0 Å². The Hall–Kier alpha value is -3.73. The molecule has 0 spiro atoms. The zero-order valence-corrected chi connectivity index (χ0v) is 13.3. The number of nitriles is 1. The summed E-state index contributed by atoms with van der Waals surface area (Å²) in [5.41, 5.74) is 0.268. The fourth-order valence-electron chi connectivity index (χ4n) is 2.72. The monoisotopic (exact) mass is 333 g/mol. The highest BCUT2D eigenvalue weighted by atomic mass is 16.5. The van der Waals surface area contributed by atoms with Crippen LogP contribution in [0.25, 0.3) is 22.5 Å². The number of aromatic nitrogens is 4. The lowest BCUT2D eigenvalue weighted by Gasteiger charge is -2.09. The van der Waals surface area contributed by atoms with E-state index < -0.39 is 5.56 Å². The quantitative estimate of drug-likeness (QED) is 0.488. The van der Waals surface area contributed by atoms with Gasteiger partial charge in [-0.1, -0.05) is 11.2 Å². The first kappa shape index (κ1) is 14.8. The molecule has 4 aromatic rings. The molecular formula is C17H11N5O3. The summed E-state index contributed by atoms with van der Waals surface area (Å²) in [5, 5.41) is 13.2. The first-order valence-corrected chi connectivity index (χ1v) is 7.42. The number of aryl methyl sites for hydroxylation is 2. The van der Waals surface area contributed by atoms with Crippen molar-refractivity contribution in [1.29, 1.82) is 5.26 Å². The van der Waals surface area contributed by atoms with Gasteiger partial charge in [0.2, 0.25) is 0 Å². The molecule has 0 bridgehead atoms. The van der Waals surface area contributed by atoms with E-state index in [0.29, 0.717) is 11.4 Å². The number of hydrogen-bond acceptors (Lipinski definition) is 6. The first-order chi connectivity index (χ1) is 12.0. The van der Waals surface area contributed by atoms with Crippen molar-refractivity contribution in [2.75, 3.05) is 0 Å². The van der Waals surface area contributed by atoms with E-state index in [2.05, 4.69) is 10.1 Å². The molecule has 0 aliphatic rings. The molecule has 4 aromatic heterocycles. The van der Waals surface area contributed by atoms with E-state index in [-0.39, 0.29) is 28.0 Å². The van der Waals surface area contributed by atoms with Crippen LogP contribution in [0, 0.1) is 25.2 Å². The Kier molecular flexibility index (Phi) is 3.05. The molecule has 0 atom stereocenters. The van der Waals surface area contributed by atoms with Gasteiger partial charge in [0, 0.05) is 12.3 Å². The van der Waals surface area contributed by atoms with E-state index in [9.17, 15) is 14.9 Å². The van der Waals surface area contributed by atoms with Crippen molar-refractivity contribution in [1.82, 2.24) is 19.1 Å². The molecule has 0 aliphatic heterocycles. The maximum atomic E-state index is 12.9. The molecule has 0 saturated carbocycles. The molecule has 0 aliphatic carbocycles. The molecule has 4 heterocycles. The fraction of sp³-hybridized carbons (Fsp3) is 0.118. The third kappa shape index (κ3) is 2.14. The molecule has 0 N–H and O–H groups in total. The summed E-state index contributed by atoms with van der Waals surface area (Å²) in [5.74, 6) is 0.665. The van der Waals surface area contributed by atoms with Gasteiger partial charge < -0.3 is 4.52 Å². The molecule has 0 saturated heterocycles. The molecule has 4 rings (SSSR count). The Bertz CT molecular complexity index is 1320. The average molecular weight is 333 g/mol. The summed E-state index contributed by atoms with van der Waals surface area (Å²) in [4.78, 5) is 29.9. The maximum absolute atomic E-state index is 12.9. The van der Waals surface area contributed by atoms with Gasteiger partial charge in [-0.05, 0) is 31.5 Å². The van der Waals surface area contributed by atoms with Crippen LogP contribution in [0.3, 0.4) is 0 Å². The van der Waals surface area contributed by atoms with Crippen LogP contribution in [0.5, 0.6) is 0 Å². The molecule has 25 heavy (non-hydrogen) atoms. The Labute approximate surface area is 140 Å². The standard InChI is InChI=1S/C17H11N5O3/c1-9-3-4-13-19-15-12(17(24)21(13)8-9)6-11(7-18)16(23)22(15)14-5-10(2)25-20-14/h3-6,8H,1-2H3.